The number of rotatable bonds is 11. The van der Waals surface area contributed by atoms with Crippen LogP contribution in [0.5, 0.6) is 0 Å². The fraction of sp³-hybridized carbons (Fsp3) is 0.696. The van der Waals surface area contributed by atoms with Crippen molar-refractivity contribution in [1.29, 1.82) is 0 Å². The average molecular weight is 1280 g/mol. The van der Waals surface area contributed by atoms with Gasteiger partial charge in [-0.15, -0.1) is 0 Å². The number of aryl methyl sites for hydroxylation is 1. The molecule has 16 atom stereocenters. The van der Waals surface area contributed by atoms with Crippen LogP contribution in [0.3, 0.4) is 0 Å². The highest BCUT2D eigenvalue weighted by molar-refractivity contribution is 6.39. The Hall–Kier alpha value is -6.05. The first-order chi connectivity index (χ1) is 44.0. The summed E-state index contributed by atoms with van der Waals surface area (Å²) in [4.78, 5) is 89.4. The summed E-state index contributed by atoms with van der Waals surface area (Å²) in [7, 11) is 4.65. The first-order valence-electron chi connectivity index (χ1n) is 33.4. The number of piperazine rings is 1. The van der Waals surface area contributed by atoms with Gasteiger partial charge in [0, 0.05) is 128 Å². The van der Waals surface area contributed by atoms with E-state index in [1.165, 1.54) is 12.0 Å². The number of piperidine rings is 1. The van der Waals surface area contributed by atoms with Gasteiger partial charge in [0.2, 0.25) is 17.7 Å². The van der Waals surface area contributed by atoms with Crippen molar-refractivity contribution in [3.63, 3.8) is 0 Å². The van der Waals surface area contributed by atoms with Crippen molar-refractivity contribution in [1.82, 2.24) is 29.7 Å². The number of esters is 1. The summed E-state index contributed by atoms with van der Waals surface area (Å²) < 4.78 is 30.4. The molecule has 3 saturated heterocycles. The number of cyclic esters (lactones) is 1. The molecule has 23 nitrogen and oxygen atoms in total. The number of ketones is 1. The Balaban J connectivity index is 1.03. The van der Waals surface area contributed by atoms with Gasteiger partial charge < -0.3 is 68.5 Å². The van der Waals surface area contributed by atoms with E-state index in [0.29, 0.717) is 114 Å². The molecule has 23 heteroatoms. The summed E-state index contributed by atoms with van der Waals surface area (Å²) in [5.41, 5.74) is 4.49. The molecule has 7 heterocycles. The normalized spacial score (nSPS) is 34.0. The van der Waals surface area contributed by atoms with Gasteiger partial charge in [-0.2, -0.15) is 0 Å². The average Bonchev–Trinajstić information content (AvgIpc) is 0.794. The summed E-state index contributed by atoms with van der Waals surface area (Å²) in [6, 6.07) is -1.15. The minimum absolute atomic E-state index is 0.0136. The summed E-state index contributed by atoms with van der Waals surface area (Å²) in [6.45, 7) is 18.5. The largest absolute Gasteiger partial charge is 0.460 e. The first kappa shape index (κ1) is 71.8. The lowest BCUT2D eigenvalue weighted by molar-refractivity contribution is -0.265. The van der Waals surface area contributed by atoms with Crippen molar-refractivity contribution >= 4 is 41.2 Å². The molecular formula is C69H103N9O14. The van der Waals surface area contributed by atoms with Crippen LogP contribution in [0.2, 0.25) is 0 Å². The standard InChI is InChI=1S/C69H103N9O14/c1-42-17-13-12-14-18-44(3)57(87-9)35-52-22-20-49(8)69(86,92-52)64(83)65(84)78-25-16-15-19-54(78)66(85)91-58(46(5)33-50-21-23-55(79)59(34-50)88-10)36-56(80)45(4)32-48(7)62(82)63(89-11)61(47(6)31-42)74-90-41-60(81)77-26-24-53-51(40-77)39-72-68(73-53)76-29-27-75(28-30-76)67-70-37-43(2)38-71-67/h12-14,17-18,32,37-39,42,45-47,49-50,52,54-59,62-63,79-80,82,86H,15-16,19-31,33-36,40-41H2,1-11H3/b14-12?,17-13+,44-18?,48-32+,74-61+/t42-,45-,46-,47-,49-,50+,52+,54+,55-,56-,57+,58+,59-,62-,63+,69-/m1/s1. The van der Waals surface area contributed by atoms with Gasteiger partial charge in [-0.3, -0.25) is 14.4 Å². The lowest BCUT2D eigenvalue weighted by atomic mass is 9.78. The predicted molar refractivity (Wildman–Crippen MR) is 347 cm³/mol. The number of allylic oxidation sites excluding steroid dienone is 5. The van der Waals surface area contributed by atoms with Crippen LogP contribution in [-0.4, -0.2) is 207 Å². The summed E-state index contributed by atoms with van der Waals surface area (Å²) in [5.74, 6) is -6.13. The Kier molecular flexibility index (Phi) is 26.0. The monoisotopic (exact) mass is 1280 g/mol. The zero-order valence-corrected chi connectivity index (χ0v) is 56.1. The molecule has 92 heavy (non-hydrogen) atoms. The SMILES string of the molecule is CO[C@H]1C[C@@H]2CC[C@@H](C)[C@@](O)(O2)C(=O)C(=O)N2CCCC[C@H]2C(=O)O[C@H]([C@H](C)C[C@@H]2CC[C@@H](O)[C@H](OC)C2)C[C@@H](O)[C@H](C)/C=C(\C)[C@@H](O)[C@@H](OC)/C(=N/OCC(=O)N2CCc3nc(N4CCN(c5ncc(C)cn5)CC4)ncc3C2)[C@H](C)C[C@H](C)/C=C/C=CC=C1C. The number of fused-ring (bicyclic) bond motifs is 4. The predicted octanol–water partition coefficient (Wildman–Crippen LogP) is 6.58. The van der Waals surface area contributed by atoms with Gasteiger partial charge in [-0.05, 0) is 119 Å². The number of aliphatic hydroxyl groups is 4. The molecule has 1 aliphatic carbocycles. The number of hydrogen-bond donors (Lipinski definition) is 4. The topological polar surface area (TPSA) is 281 Å². The van der Waals surface area contributed by atoms with Crippen molar-refractivity contribution in [3.8, 4) is 0 Å². The molecule has 2 amide bonds. The number of ether oxygens (including phenoxy) is 5. The van der Waals surface area contributed by atoms with Crippen LogP contribution in [0.1, 0.15) is 142 Å². The number of anilines is 2. The van der Waals surface area contributed by atoms with E-state index in [1.807, 2.05) is 71.3 Å². The van der Waals surface area contributed by atoms with E-state index in [9.17, 15) is 39.6 Å². The third kappa shape index (κ3) is 18.2. The quantitative estimate of drug-likeness (QED) is 0.0800. The van der Waals surface area contributed by atoms with Crippen LogP contribution in [0, 0.1) is 42.4 Å². The third-order valence-electron chi connectivity index (χ3n) is 19.9. The number of hydrogen-bond acceptors (Lipinski definition) is 21. The van der Waals surface area contributed by atoms with Crippen LogP contribution >= 0.6 is 0 Å². The molecule has 0 unspecified atom stereocenters. The summed E-state index contributed by atoms with van der Waals surface area (Å²) >= 11 is 0. The minimum atomic E-state index is -2.45. The smallest absolute Gasteiger partial charge is 0.329 e. The second-order valence-corrected chi connectivity index (χ2v) is 26.9. The Morgan fingerprint density at radius 2 is 1.50 bits per heavy atom. The van der Waals surface area contributed by atoms with E-state index in [4.69, 9.17) is 38.5 Å². The fourth-order valence-electron chi connectivity index (χ4n) is 14.0. The molecule has 4 N–H and O–H groups in total. The number of methoxy groups -OCH3 is 3. The highest BCUT2D eigenvalue weighted by atomic mass is 16.6. The maximum Gasteiger partial charge on any atom is 0.329 e. The number of amides is 2. The Morgan fingerprint density at radius 3 is 2.21 bits per heavy atom. The zero-order valence-electron chi connectivity index (χ0n) is 56.1. The maximum atomic E-state index is 14.7. The van der Waals surface area contributed by atoms with Crippen LogP contribution in [-0.2, 0) is 60.7 Å². The van der Waals surface area contributed by atoms with E-state index in [2.05, 4.69) is 37.9 Å². The van der Waals surface area contributed by atoms with Crippen molar-refractivity contribution in [3.05, 3.63) is 83.0 Å². The van der Waals surface area contributed by atoms with E-state index < -0.39 is 84.1 Å². The molecule has 5 aliphatic heterocycles. The lowest BCUT2D eigenvalue weighted by Gasteiger charge is -2.43. The molecule has 2 bridgehead atoms. The maximum absolute atomic E-state index is 14.7. The zero-order chi connectivity index (χ0) is 66.4. The second kappa shape index (κ2) is 33.4. The van der Waals surface area contributed by atoms with Crippen molar-refractivity contribution in [2.45, 2.75) is 206 Å². The molecule has 0 spiro atoms. The van der Waals surface area contributed by atoms with E-state index in [0.717, 1.165) is 41.9 Å². The van der Waals surface area contributed by atoms with Crippen LogP contribution < -0.4 is 9.80 Å². The highest BCUT2D eigenvalue weighted by Gasteiger charge is 2.53. The van der Waals surface area contributed by atoms with Gasteiger partial charge in [0.15, 0.2) is 6.61 Å². The molecule has 508 valence electrons. The Bertz CT molecular complexity index is 2950. The number of nitrogens with zero attached hydrogens (tertiary/aromatic N) is 9. The number of carbonyl (C=O) groups is 4. The van der Waals surface area contributed by atoms with Crippen molar-refractivity contribution in [2.75, 3.05) is 77.0 Å². The van der Waals surface area contributed by atoms with E-state index >= 15 is 0 Å². The molecule has 0 aromatic carbocycles. The van der Waals surface area contributed by atoms with E-state index in [1.54, 1.807) is 45.2 Å². The number of Topliss-reactive ketones (excluding diaryl/α,β-unsaturated/α-hetero) is 1. The fourth-order valence-corrected chi connectivity index (χ4v) is 14.0. The molecule has 8 rings (SSSR count). The van der Waals surface area contributed by atoms with Gasteiger partial charge in [0.25, 0.3) is 17.6 Å². The molecular weight excluding hydrogens is 1180 g/mol. The molecule has 4 fully saturated rings. The molecule has 0 radical (unpaired) electrons. The van der Waals surface area contributed by atoms with Gasteiger partial charge >= 0.3 is 5.97 Å². The molecule has 1 saturated carbocycles. The lowest BCUT2D eigenvalue weighted by Crippen LogP contribution is -2.61. The highest BCUT2D eigenvalue weighted by Crippen LogP contribution is 2.38. The number of oxime groups is 1. The third-order valence-corrected chi connectivity index (χ3v) is 19.9. The van der Waals surface area contributed by atoms with Gasteiger partial charge in [0.1, 0.15) is 24.4 Å². The second-order valence-electron chi connectivity index (χ2n) is 26.9. The molecule has 2 aromatic heterocycles. The Labute approximate surface area is 543 Å². The molecule has 6 aliphatic rings. The Morgan fingerprint density at radius 1 is 0.783 bits per heavy atom. The summed E-state index contributed by atoms with van der Waals surface area (Å²) in [5, 5.41) is 51.9. The molecule has 2 aromatic rings. The summed E-state index contributed by atoms with van der Waals surface area (Å²) in [6.07, 6.45) is 16.7. The number of carbonyl (C=O) groups excluding carboxylic acids is 4. The number of aliphatic hydroxyl groups excluding tert-OH is 3. The minimum Gasteiger partial charge on any atom is -0.460 e. The van der Waals surface area contributed by atoms with Crippen LogP contribution in [0.25, 0.3) is 0 Å². The van der Waals surface area contributed by atoms with Gasteiger partial charge in [-0.25, -0.2) is 24.7 Å². The van der Waals surface area contributed by atoms with Crippen molar-refractivity contribution in [2.24, 2.45) is 40.7 Å². The number of aromatic nitrogens is 4. The first-order valence-corrected chi connectivity index (χ1v) is 33.4. The van der Waals surface area contributed by atoms with Gasteiger partial charge in [0.05, 0.1) is 41.9 Å². The van der Waals surface area contributed by atoms with Gasteiger partial charge in [-0.1, -0.05) is 76.2 Å². The van der Waals surface area contributed by atoms with Crippen LogP contribution in [0.15, 0.2) is 71.3 Å². The van der Waals surface area contributed by atoms with Crippen LogP contribution in [0.4, 0.5) is 11.9 Å². The van der Waals surface area contributed by atoms with E-state index in [-0.39, 0.29) is 61.7 Å². The van der Waals surface area contributed by atoms with Crippen molar-refractivity contribution < 1.29 is 68.1 Å².